The lowest BCUT2D eigenvalue weighted by molar-refractivity contribution is -0.139. The number of Topliss-reactive ketones (excluding diaryl/α,β-unsaturated/α-hetero) is 1. The van der Waals surface area contributed by atoms with Crippen LogP contribution in [0.2, 0.25) is 5.02 Å². The van der Waals surface area contributed by atoms with E-state index in [0.717, 1.165) is 16.8 Å². The number of ketones is 1. The number of esters is 1. The molecule has 0 aromatic heterocycles. The largest absolute Gasteiger partial charge is 0.462 e. The van der Waals surface area contributed by atoms with Gasteiger partial charge in [-0.15, -0.1) is 0 Å². The molecule has 0 radical (unpaired) electrons. The zero-order valence-corrected chi connectivity index (χ0v) is 21.2. The fourth-order valence-corrected chi connectivity index (χ4v) is 5.41. The van der Waals surface area contributed by atoms with Crippen LogP contribution in [0, 0.1) is 5.82 Å². The second-order valence-electron chi connectivity index (χ2n) is 9.46. The van der Waals surface area contributed by atoms with Gasteiger partial charge in [-0.05, 0) is 48.6 Å². The number of halogens is 2. The number of carbonyl (C=O) groups is 2. The van der Waals surface area contributed by atoms with Gasteiger partial charge in [0.2, 0.25) is 0 Å². The number of nitrogens with one attached hydrogen (secondary N) is 1. The molecule has 5 rings (SSSR count). The van der Waals surface area contributed by atoms with Crippen molar-refractivity contribution in [2.75, 3.05) is 6.61 Å². The first-order valence-electron chi connectivity index (χ1n) is 12.4. The molecule has 0 saturated heterocycles. The van der Waals surface area contributed by atoms with E-state index in [9.17, 15) is 9.59 Å². The number of benzene rings is 3. The molecule has 1 N–H and O–H groups in total. The predicted octanol–water partition coefficient (Wildman–Crippen LogP) is 6.63. The Morgan fingerprint density at radius 1 is 1.00 bits per heavy atom. The van der Waals surface area contributed by atoms with Crippen LogP contribution >= 0.6 is 11.6 Å². The summed E-state index contributed by atoms with van der Waals surface area (Å²) in [5, 5.41) is 3.94. The zero-order valence-electron chi connectivity index (χ0n) is 20.5. The first kappa shape index (κ1) is 25.0. The van der Waals surface area contributed by atoms with Crippen molar-refractivity contribution < 1.29 is 18.7 Å². The molecule has 2 aliphatic rings. The van der Waals surface area contributed by atoms with Crippen LogP contribution in [0.3, 0.4) is 0 Å². The SMILES string of the molecule is CC1=C(C(=O)OCCc2ccccc2)[C@H](c2ccccc2F)C2=C(C[C@H](c3ccc(Cl)cc3)CC2=O)N1. The molecule has 1 aliphatic heterocycles. The van der Waals surface area contributed by atoms with Gasteiger partial charge < -0.3 is 10.1 Å². The lowest BCUT2D eigenvalue weighted by atomic mass is 9.71. The van der Waals surface area contributed by atoms with Crippen molar-refractivity contribution in [2.45, 2.75) is 38.0 Å². The van der Waals surface area contributed by atoms with Crippen LogP contribution < -0.4 is 5.32 Å². The maximum atomic E-state index is 15.1. The van der Waals surface area contributed by atoms with Crippen LogP contribution in [-0.4, -0.2) is 18.4 Å². The number of hydrogen-bond donors (Lipinski definition) is 1. The van der Waals surface area contributed by atoms with Gasteiger partial charge in [0.05, 0.1) is 18.1 Å². The number of dihydropyridines is 1. The molecular formula is C31H27ClFNO3. The van der Waals surface area contributed by atoms with E-state index in [1.54, 1.807) is 25.1 Å². The van der Waals surface area contributed by atoms with Gasteiger partial charge >= 0.3 is 5.97 Å². The molecule has 0 fully saturated rings. The van der Waals surface area contributed by atoms with Crippen LogP contribution in [0.5, 0.6) is 0 Å². The third-order valence-corrected chi connectivity index (χ3v) is 7.32. The lowest BCUT2D eigenvalue weighted by Gasteiger charge is -2.36. The highest BCUT2D eigenvalue weighted by Gasteiger charge is 2.42. The Kier molecular flexibility index (Phi) is 7.24. The van der Waals surface area contributed by atoms with E-state index < -0.39 is 17.7 Å². The van der Waals surface area contributed by atoms with E-state index in [2.05, 4.69) is 5.32 Å². The Bertz CT molecular complexity index is 1400. The van der Waals surface area contributed by atoms with Crippen molar-refractivity contribution in [1.82, 2.24) is 5.32 Å². The number of hydrogen-bond acceptors (Lipinski definition) is 4. The highest BCUT2D eigenvalue weighted by atomic mass is 35.5. The van der Waals surface area contributed by atoms with Gasteiger partial charge in [0, 0.05) is 40.4 Å². The fourth-order valence-electron chi connectivity index (χ4n) is 5.28. The minimum atomic E-state index is -0.833. The topological polar surface area (TPSA) is 55.4 Å². The highest BCUT2D eigenvalue weighted by molar-refractivity contribution is 6.30. The van der Waals surface area contributed by atoms with Crippen LogP contribution in [0.25, 0.3) is 0 Å². The van der Waals surface area contributed by atoms with Crippen molar-refractivity contribution in [3.05, 3.63) is 129 Å². The van der Waals surface area contributed by atoms with E-state index in [4.69, 9.17) is 16.3 Å². The van der Waals surface area contributed by atoms with E-state index in [0.29, 0.717) is 34.7 Å². The molecule has 3 aromatic rings. The molecule has 0 unspecified atom stereocenters. The molecule has 188 valence electrons. The standard InChI is InChI=1S/C31H27ClFNO3/c1-19-28(31(36)37-16-15-20-7-3-2-4-8-20)29(24-9-5-6-10-25(24)33)30-26(34-19)17-22(18-27(30)35)21-11-13-23(32)14-12-21/h2-14,22,29,34H,15-18H2,1H3/t22-,29-/m0/s1. The Hall–Kier alpha value is -3.70. The molecule has 2 atom stereocenters. The number of rotatable bonds is 6. The third kappa shape index (κ3) is 5.23. The summed E-state index contributed by atoms with van der Waals surface area (Å²) in [6.07, 6.45) is 1.40. The summed E-state index contributed by atoms with van der Waals surface area (Å²) >= 11 is 6.05. The summed E-state index contributed by atoms with van der Waals surface area (Å²) in [6.45, 7) is 1.96. The van der Waals surface area contributed by atoms with E-state index >= 15 is 4.39 Å². The van der Waals surface area contributed by atoms with Gasteiger partial charge in [-0.3, -0.25) is 4.79 Å². The molecular weight excluding hydrogens is 489 g/mol. The molecule has 1 heterocycles. The second-order valence-corrected chi connectivity index (χ2v) is 9.90. The van der Waals surface area contributed by atoms with E-state index in [-0.39, 0.29) is 30.3 Å². The van der Waals surface area contributed by atoms with Crippen LogP contribution in [-0.2, 0) is 20.7 Å². The first-order valence-corrected chi connectivity index (χ1v) is 12.7. The van der Waals surface area contributed by atoms with Crippen molar-refractivity contribution >= 4 is 23.4 Å². The Morgan fingerprint density at radius 2 is 1.70 bits per heavy atom. The Morgan fingerprint density at radius 3 is 2.43 bits per heavy atom. The number of carbonyl (C=O) groups excluding carboxylic acids is 2. The Balaban J connectivity index is 1.47. The number of ether oxygens (including phenoxy) is 1. The average Bonchev–Trinajstić information content (AvgIpc) is 2.89. The highest BCUT2D eigenvalue weighted by Crippen LogP contribution is 2.46. The molecule has 4 nitrogen and oxygen atoms in total. The summed E-state index contributed by atoms with van der Waals surface area (Å²) in [4.78, 5) is 27.0. The van der Waals surface area contributed by atoms with Gasteiger partial charge in [0.1, 0.15) is 5.82 Å². The first-order chi connectivity index (χ1) is 17.9. The predicted molar refractivity (Wildman–Crippen MR) is 142 cm³/mol. The average molecular weight is 516 g/mol. The second kappa shape index (κ2) is 10.7. The molecule has 0 saturated carbocycles. The molecule has 6 heteroatoms. The minimum Gasteiger partial charge on any atom is -0.462 e. The zero-order chi connectivity index (χ0) is 25.9. The summed E-state index contributed by atoms with van der Waals surface area (Å²) in [7, 11) is 0. The van der Waals surface area contributed by atoms with Crippen LogP contribution in [0.15, 0.2) is 101 Å². The van der Waals surface area contributed by atoms with Gasteiger partial charge in [-0.25, -0.2) is 9.18 Å². The maximum Gasteiger partial charge on any atom is 0.336 e. The van der Waals surface area contributed by atoms with Crippen molar-refractivity contribution in [3.8, 4) is 0 Å². The summed E-state index contributed by atoms with van der Waals surface area (Å²) in [5.74, 6) is -1.99. The summed E-state index contributed by atoms with van der Waals surface area (Å²) < 4.78 is 20.8. The van der Waals surface area contributed by atoms with Crippen molar-refractivity contribution in [3.63, 3.8) is 0 Å². The van der Waals surface area contributed by atoms with Crippen LogP contribution in [0.4, 0.5) is 4.39 Å². The van der Waals surface area contributed by atoms with E-state index in [1.165, 1.54) is 6.07 Å². The molecule has 0 spiro atoms. The summed E-state index contributed by atoms with van der Waals surface area (Å²) in [5.41, 5.74) is 4.37. The smallest absolute Gasteiger partial charge is 0.336 e. The van der Waals surface area contributed by atoms with Gasteiger partial charge in [-0.2, -0.15) is 0 Å². The molecule has 0 bridgehead atoms. The quantitative estimate of drug-likeness (QED) is 0.374. The van der Waals surface area contributed by atoms with Gasteiger partial charge in [-0.1, -0.05) is 72.3 Å². The molecule has 3 aromatic carbocycles. The fraction of sp³-hybridized carbons (Fsp3) is 0.226. The normalized spacial score (nSPS) is 19.4. The summed E-state index contributed by atoms with van der Waals surface area (Å²) in [6, 6.07) is 23.5. The minimum absolute atomic E-state index is 0.0375. The van der Waals surface area contributed by atoms with Crippen LogP contribution in [0.1, 0.15) is 48.3 Å². The molecule has 37 heavy (non-hydrogen) atoms. The van der Waals surface area contributed by atoms with Gasteiger partial charge in [0.25, 0.3) is 0 Å². The molecule has 1 aliphatic carbocycles. The van der Waals surface area contributed by atoms with Gasteiger partial charge in [0.15, 0.2) is 5.78 Å². The molecule has 0 amide bonds. The monoisotopic (exact) mass is 515 g/mol. The number of allylic oxidation sites excluding steroid dienone is 3. The lowest BCUT2D eigenvalue weighted by Crippen LogP contribution is -2.36. The van der Waals surface area contributed by atoms with E-state index in [1.807, 2.05) is 54.6 Å². The van der Waals surface area contributed by atoms with Crippen molar-refractivity contribution in [1.29, 1.82) is 0 Å². The van der Waals surface area contributed by atoms with Crippen molar-refractivity contribution in [2.24, 2.45) is 0 Å². The Labute approximate surface area is 220 Å². The third-order valence-electron chi connectivity index (χ3n) is 7.07. The maximum absolute atomic E-state index is 15.1.